The van der Waals surface area contributed by atoms with E-state index in [1.807, 2.05) is 11.4 Å². The summed E-state index contributed by atoms with van der Waals surface area (Å²) in [5.41, 5.74) is -0.740. The summed E-state index contributed by atoms with van der Waals surface area (Å²) in [7, 11) is 0. The molecule has 3 heterocycles. The lowest BCUT2D eigenvalue weighted by molar-refractivity contribution is -0.925. The van der Waals surface area contributed by atoms with Gasteiger partial charge in [-0.25, -0.2) is 9.69 Å². The number of thiophene rings is 1. The van der Waals surface area contributed by atoms with Crippen LogP contribution < -0.4 is 10.2 Å². The molecule has 2 N–H and O–H groups in total. The number of amides is 3. The maximum atomic E-state index is 13.1. The van der Waals surface area contributed by atoms with Gasteiger partial charge in [-0.3, -0.25) is 14.9 Å². The number of likely N-dealkylation sites (tertiary alicyclic amines) is 1. The van der Waals surface area contributed by atoms with Crippen LogP contribution >= 0.6 is 11.3 Å². The van der Waals surface area contributed by atoms with E-state index < -0.39 is 16.5 Å². The zero-order chi connectivity index (χ0) is 19.9. The summed E-state index contributed by atoms with van der Waals surface area (Å²) in [5.74, 6) is -0.323. The Morgan fingerprint density at radius 1 is 1.32 bits per heavy atom. The zero-order valence-electron chi connectivity index (χ0n) is 15.4. The highest BCUT2D eigenvalue weighted by molar-refractivity contribution is 7.10. The zero-order valence-corrected chi connectivity index (χ0v) is 16.2. The van der Waals surface area contributed by atoms with Crippen molar-refractivity contribution in [2.24, 2.45) is 0 Å². The Bertz CT molecular complexity index is 915. The Labute approximate surface area is 165 Å². The smallest absolute Gasteiger partial charge is 0.319 e. The minimum Gasteiger partial charge on any atom is -0.319 e. The Balaban J connectivity index is 1.54. The lowest BCUT2D eigenvalue weighted by atomic mass is 9.92. The molecule has 0 saturated carbocycles. The number of hydrogen-bond acceptors (Lipinski definition) is 5. The normalized spacial score (nSPS) is 27.2. The molecule has 2 aliphatic heterocycles. The van der Waals surface area contributed by atoms with Gasteiger partial charge >= 0.3 is 6.03 Å². The van der Waals surface area contributed by atoms with Gasteiger partial charge in [0.25, 0.3) is 11.6 Å². The minimum atomic E-state index is -1.22. The number of rotatable bonds is 5. The van der Waals surface area contributed by atoms with Crippen LogP contribution in [0, 0.1) is 10.1 Å². The van der Waals surface area contributed by atoms with Crippen LogP contribution in [0.3, 0.4) is 0 Å². The van der Waals surface area contributed by atoms with Crippen LogP contribution in [0.2, 0.25) is 0 Å². The minimum absolute atomic E-state index is 0.0544. The molecule has 9 heteroatoms. The number of imide groups is 1. The predicted octanol–water partition coefficient (Wildman–Crippen LogP) is 1.80. The topological polar surface area (TPSA) is 97.0 Å². The highest BCUT2D eigenvalue weighted by atomic mass is 32.1. The van der Waals surface area contributed by atoms with E-state index >= 15 is 0 Å². The van der Waals surface area contributed by atoms with Crippen molar-refractivity contribution in [2.45, 2.75) is 31.3 Å². The molecule has 0 radical (unpaired) electrons. The monoisotopic (exact) mass is 401 g/mol. The van der Waals surface area contributed by atoms with Gasteiger partial charge in [0.1, 0.15) is 11.6 Å². The molecule has 1 aromatic heterocycles. The van der Waals surface area contributed by atoms with Crippen LogP contribution in [-0.2, 0) is 10.3 Å². The Kier molecular flexibility index (Phi) is 4.64. The molecule has 4 rings (SSSR count). The molecule has 0 bridgehead atoms. The molecular formula is C19H21N4O4S+. The van der Waals surface area contributed by atoms with Gasteiger partial charge in [0.2, 0.25) is 0 Å². The molecule has 8 nitrogen and oxygen atoms in total. The molecular weight excluding hydrogens is 380 g/mol. The van der Waals surface area contributed by atoms with Gasteiger partial charge < -0.3 is 10.2 Å². The van der Waals surface area contributed by atoms with Crippen LogP contribution in [0.15, 0.2) is 41.8 Å². The van der Waals surface area contributed by atoms with Crippen molar-refractivity contribution in [1.82, 2.24) is 10.2 Å². The number of benzene rings is 1. The predicted molar refractivity (Wildman–Crippen MR) is 103 cm³/mol. The van der Waals surface area contributed by atoms with Crippen molar-refractivity contribution in [3.05, 3.63) is 62.3 Å². The first-order valence-corrected chi connectivity index (χ1v) is 10.0. The highest BCUT2D eigenvalue weighted by Crippen LogP contribution is 2.30. The average Bonchev–Trinajstić information content (AvgIpc) is 3.40. The fourth-order valence-electron chi connectivity index (χ4n) is 4.09. The first kappa shape index (κ1) is 18.6. The second-order valence-electron chi connectivity index (χ2n) is 7.37. The number of hydrogen-bond donors (Lipinski definition) is 2. The summed E-state index contributed by atoms with van der Waals surface area (Å²) >= 11 is 1.70. The summed E-state index contributed by atoms with van der Waals surface area (Å²) in [4.78, 5) is 39.9. The number of nitrogens with one attached hydrogen (secondary N) is 2. The van der Waals surface area contributed by atoms with Crippen molar-refractivity contribution < 1.29 is 19.4 Å². The molecule has 1 unspecified atom stereocenters. The molecule has 3 amide bonds. The third-order valence-corrected chi connectivity index (χ3v) is 6.65. The van der Waals surface area contributed by atoms with E-state index in [9.17, 15) is 19.7 Å². The van der Waals surface area contributed by atoms with Crippen LogP contribution in [0.4, 0.5) is 10.5 Å². The van der Waals surface area contributed by atoms with Gasteiger partial charge in [-0.15, -0.1) is 11.3 Å². The third kappa shape index (κ3) is 3.06. The van der Waals surface area contributed by atoms with Crippen molar-refractivity contribution >= 4 is 29.0 Å². The molecule has 2 aliphatic rings. The van der Waals surface area contributed by atoms with Crippen LogP contribution in [0.25, 0.3) is 0 Å². The molecule has 0 spiro atoms. The molecule has 3 atom stereocenters. The van der Waals surface area contributed by atoms with E-state index in [4.69, 9.17) is 0 Å². The Hall–Kier alpha value is -2.78. The van der Waals surface area contributed by atoms with Gasteiger partial charge in [-0.2, -0.15) is 0 Å². The van der Waals surface area contributed by atoms with E-state index in [0.29, 0.717) is 18.3 Å². The number of quaternary nitrogens is 1. The molecule has 2 saturated heterocycles. The highest BCUT2D eigenvalue weighted by Gasteiger charge is 2.51. The molecule has 1 aromatic carbocycles. The summed E-state index contributed by atoms with van der Waals surface area (Å²) in [6.45, 7) is 2.87. The molecule has 146 valence electrons. The fourth-order valence-corrected chi connectivity index (χ4v) is 5.01. The summed E-state index contributed by atoms with van der Waals surface area (Å²) < 4.78 is 0. The van der Waals surface area contributed by atoms with E-state index in [-0.39, 0.29) is 11.6 Å². The lowest BCUT2D eigenvalue weighted by Crippen LogP contribution is -3.12. The summed E-state index contributed by atoms with van der Waals surface area (Å²) in [5, 5.41) is 15.7. The second-order valence-corrected chi connectivity index (χ2v) is 8.35. The Morgan fingerprint density at radius 3 is 2.71 bits per heavy atom. The SMILES string of the molecule is C[C@]1(c2ccc([N+](=O)[O-])cc2)NC(=O)N(C[NH+]2CCC[C@@H]2c2cccs2)C1=O. The largest absolute Gasteiger partial charge is 0.329 e. The van der Waals surface area contributed by atoms with Crippen molar-refractivity contribution in [1.29, 1.82) is 0 Å². The van der Waals surface area contributed by atoms with Crippen molar-refractivity contribution in [3.8, 4) is 0 Å². The number of carbonyl (C=O) groups is 2. The van der Waals surface area contributed by atoms with E-state index in [0.717, 1.165) is 19.4 Å². The quantitative estimate of drug-likeness (QED) is 0.454. The van der Waals surface area contributed by atoms with Crippen LogP contribution in [0.1, 0.15) is 36.2 Å². The average molecular weight is 401 g/mol. The maximum absolute atomic E-state index is 13.1. The van der Waals surface area contributed by atoms with E-state index in [2.05, 4.69) is 11.4 Å². The van der Waals surface area contributed by atoms with Gasteiger partial charge in [-0.1, -0.05) is 6.07 Å². The van der Waals surface area contributed by atoms with Crippen molar-refractivity contribution in [2.75, 3.05) is 13.2 Å². The van der Waals surface area contributed by atoms with Crippen LogP contribution in [0.5, 0.6) is 0 Å². The van der Waals surface area contributed by atoms with Crippen LogP contribution in [-0.4, -0.2) is 35.0 Å². The third-order valence-electron chi connectivity index (χ3n) is 5.66. The standard InChI is InChI=1S/C19H20N4O4S/c1-19(13-6-8-14(9-7-13)23(26)27)17(24)22(18(25)20-19)12-21-10-2-4-15(21)16-5-3-11-28-16/h3,5-9,11,15H,2,4,10,12H2,1H3,(H,20,25)/p+1/t15-,19-/m1/s1. The molecule has 28 heavy (non-hydrogen) atoms. The first-order valence-electron chi connectivity index (χ1n) is 9.17. The summed E-state index contributed by atoms with van der Waals surface area (Å²) in [6, 6.07) is 9.75. The maximum Gasteiger partial charge on any atom is 0.329 e. The fraction of sp³-hybridized carbons (Fsp3) is 0.368. The van der Waals surface area contributed by atoms with E-state index in [1.165, 1.54) is 38.9 Å². The Morgan fingerprint density at radius 2 is 2.07 bits per heavy atom. The van der Waals surface area contributed by atoms with E-state index in [1.54, 1.807) is 18.3 Å². The number of carbonyl (C=O) groups excluding carboxylic acids is 2. The molecule has 2 fully saturated rings. The van der Waals surface area contributed by atoms with Gasteiger partial charge in [0.05, 0.1) is 16.3 Å². The number of nitro groups is 1. The number of nitro benzene ring substituents is 1. The summed E-state index contributed by atoms with van der Waals surface area (Å²) in [6.07, 6.45) is 2.10. The van der Waals surface area contributed by atoms with Gasteiger partial charge in [0, 0.05) is 25.0 Å². The number of nitrogens with zero attached hydrogens (tertiary/aromatic N) is 2. The molecule has 0 aliphatic carbocycles. The van der Waals surface area contributed by atoms with Gasteiger partial charge in [0.15, 0.2) is 6.67 Å². The lowest BCUT2D eigenvalue weighted by Gasteiger charge is -2.25. The first-order chi connectivity index (χ1) is 13.4. The number of urea groups is 1. The molecule has 2 aromatic rings. The number of non-ortho nitro benzene ring substituents is 1. The van der Waals surface area contributed by atoms with Crippen molar-refractivity contribution in [3.63, 3.8) is 0 Å². The second kappa shape index (κ2) is 6.99. The van der Waals surface area contributed by atoms with Gasteiger partial charge in [-0.05, 0) is 36.1 Å².